The molecule has 4 nitrogen and oxygen atoms in total. The number of likely N-dealkylation sites (tertiary alicyclic amines) is 1. The Kier molecular flexibility index (Phi) is 3.93. The quantitative estimate of drug-likeness (QED) is 0.855. The van der Waals surface area contributed by atoms with E-state index in [0.717, 1.165) is 18.5 Å². The number of aryl methyl sites for hydroxylation is 1. The number of carbonyl (C=O) groups is 1. The minimum absolute atomic E-state index is 0.240. The Balaban J connectivity index is 2.01. The molecule has 1 heterocycles. The minimum Gasteiger partial charge on any atom is -0.508 e. The number of nitrogens with zero attached hydrogens (tertiary/aromatic N) is 1. The molecule has 4 heteroatoms. The zero-order valence-electron chi connectivity index (χ0n) is 12.6. The summed E-state index contributed by atoms with van der Waals surface area (Å²) < 4.78 is 5.40. The summed E-state index contributed by atoms with van der Waals surface area (Å²) >= 11 is 0. The lowest BCUT2D eigenvalue weighted by Gasteiger charge is -2.24. The van der Waals surface area contributed by atoms with Crippen LogP contribution in [0.25, 0.3) is 0 Å². The molecule has 1 N–H and O–H groups in total. The number of phenolic OH excluding ortho intramolecular Hbond substituents is 1. The first-order valence-corrected chi connectivity index (χ1v) is 7.04. The number of rotatable bonds is 1. The van der Waals surface area contributed by atoms with Crippen molar-refractivity contribution >= 4 is 6.09 Å². The average Bonchev–Trinajstić information content (AvgIpc) is 2.80. The van der Waals surface area contributed by atoms with Crippen LogP contribution in [0, 0.1) is 6.92 Å². The molecule has 0 spiro atoms. The number of benzene rings is 1. The highest BCUT2D eigenvalue weighted by Gasteiger charge is 2.30. The van der Waals surface area contributed by atoms with Crippen molar-refractivity contribution in [1.82, 2.24) is 4.90 Å². The number of hydrogen-bond acceptors (Lipinski definition) is 3. The van der Waals surface area contributed by atoms with E-state index in [1.54, 1.807) is 11.0 Å². The van der Waals surface area contributed by atoms with Gasteiger partial charge in [0, 0.05) is 19.0 Å². The molecule has 20 heavy (non-hydrogen) atoms. The van der Waals surface area contributed by atoms with Gasteiger partial charge in [-0.3, -0.25) is 0 Å². The highest BCUT2D eigenvalue weighted by Crippen LogP contribution is 2.30. The van der Waals surface area contributed by atoms with Gasteiger partial charge in [-0.15, -0.1) is 0 Å². The Morgan fingerprint density at radius 3 is 2.70 bits per heavy atom. The van der Waals surface area contributed by atoms with Crippen LogP contribution in [0.2, 0.25) is 0 Å². The lowest BCUT2D eigenvalue weighted by Crippen LogP contribution is -2.35. The van der Waals surface area contributed by atoms with E-state index in [9.17, 15) is 9.90 Å². The number of ether oxygens (including phenoxy) is 1. The fourth-order valence-electron chi connectivity index (χ4n) is 2.46. The fraction of sp³-hybridized carbons (Fsp3) is 0.562. The van der Waals surface area contributed by atoms with E-state index in [2.05, 4.69) is 0 Å². The van der Waals surface area contributed by atoms with Crippen molar-refractivity contribution < 1.29 is 14.6 Å². The third-order valence-corrected chi connectivity index (χ3v) is 3.53. The smallest absolute Gasteiger partial charge is 0.410 e. The van der Waals surface area contributed by atoms with Crippen molar-refractivity contribution in [1.29, 1.82) is 0 Å². The maximum Gasteiger partial charge on any atom is 0.410 e. The summed E-state index contributed by atoms with van der Waals surface area (Å²) in [4.78, 5) is 13.8. The predicted octanol–water partition coefficient (Wildman–Crippen LogP) is 3.43. The fourth-order valence-corrected chi connectivity index (χ4v) is 2.46. The summed E-state index contributed by atoms with van der Waals surface area (Å²) in [5, 5.41) is 9.57. The monoisotopic (exact) mass is 277 g/mol. The van der Waals surface area contributed by atoms with Gasteiger partial charge in [-0.05, 0) is 51.3 Å². The van der Waals surface area contributed by atoms with Crippen molar-refractivity contribution in [3.8, 4) is 5.75 Å². The van der Waals surface area contributed by atoms with E-state index >= 15 is 0 Å². The molecule has 1 atom stereocenters. The molecule has 1 aliphatic heterocycles. The summed E-state index contributed by atoms with van der Waals surface area (Å²) in [6.07, 6.45) is 0.694. The average molecular weight is 277 g/mol. The third kappa shape index (κ3) is 3.44. The molecule has 0 bridgehead atoms. The normalized spacial score (nSPS) is 19.2. The molecular formula is C16H23NO3. The van der Waals surface area contributed by atoms with Gasteiger partial charge in [0.1, 0.15) is 11.4 Å². The van der Waals surface area contributed by atoms with E-state index in [0.29, 0.717) is 18.2 Å². The predicted molar refractivity (Wildman–Crippen MR) is 78.0 cm³/mol. The van der Waals surface area contributed by atoms with Gasteiger partial charge in [0.25, 0.3) is 0 Å². The molecular weight excluding hydrogens is 254 g/mol. The van der Waals surface area contributed by atoms with Crippen LogP contribution in [0.1, 0.15) is 44.2 Å². The molecule has 0 saturated carbocycles. The van der Waals surface area contributed by atoms with Gasteiger partial charge < -0.3 is 14.7 Å². The molecule has 1 aromatic rings. The van der Waals surface area contributed by atoms with Crippen LogP contribution in [0.15, 0.2) is 18.2 Å². The van der Waals surface area contributed by atoms with Crippen LogP contribution in [0.3, 0.4) is 0 Å². The molecule has 0 aliphatic carbocycles. The number of aromatic hydroxyl groups is 1. The molecule has 1 aliphatic rings. The lowest BCUT2D eigenvalue weighted by molar-refractivity contribution is 0.0292. The third-order valence-electron chi connectivity index (χ3n) is 3.53. The van der Waals surface area contributed by atoms with Crippen LogP contribution in [-0.2, 0) is 4.74 Å². The highest BCUT2D eigenvalue weighted by atomic mass is 16.6. The summed E-state index contributed by atoms with van der Waals surface area (Å²) in [6.45, 7) is 8.92. The van der Waals surface area contributed by atoms with E-state index < -0.39 is 5.60 Å². The zero-order chi connectivity index (χ0) is 14.9. The Labute approximate surface area is 120 Å². The molecule has 1 aromatic carbocycles. The Hall–Kier alpha value is -1.71. The summed E-state index contributed by atoms with van der Waals surface area (Å²) in [7, 11) is 0. The molecule has 1 amide bonds. The van der Waals surface area contributed by atoms with Gasteiger partial charge in [0.05, 0.1) is 0 Å². The summed E-state index contributed by atoms with van der Waals surface area (Å²) in [5.41, 5.74) is 1.59. The van der Waals surface area contributed by atoms with Crippen LogP contribution in [-0.4, -0.2) is 34.8 Å². The molecule has 110 valence electrons. The Morgan fingerprint density at radius 2 is 2.10 bits per heavy atom. The van der Waals surface area contributed by atoms with E-state index in [-0.39, 0.29) is 6.09 Å². The van der Waals surface area contributed by atoms with Gasteiger partial charge in [0.2, 0.25) is 0 Å². The zero-order valence-corrected chi connectivity index (χ0v) is 12.6. The first kappa shape index (κ1) is 14.7. The number of hydrogen-bond donors (Lipinski definition) is 1. The Bertz CT molecular complexity index is 505. The standard InChI is InChI=1S/C16H23NO3/c1-11-9-12(5-6-14(11)18)13-7-8-17(10-13)15(19)20-16(2,3)4/h5-6,9,13,18H,7-8,10H2,1-4H3. The number of carbonyl (C=O) groups excluding carboxylic acids is 1. The molecule has 1 fully saturated rings. The maximum absolute atomic E-state index is 12.0. The largest absolute Gasteiger partial charge is 0.508 e. The number of amides is 1. The Morgan fingerprint density at radius 1 is 1.40 bits per heavy atom. The maximum atomic E-state index is 12.0. The van der Waals surface area contributed by atoms with Crippen LogP contribution >= 0.6 is 0 Å². The molecule has 2 rings (SSSR count). The van der Waals surface area contributed by atoms with Crippen molar-refractivity contribution in [3.05, 3.63) is 29.3 Å². The van der Waals surface area contributed by atoms with Gasteiger partial charge >= 0.3 is 6.09 Å². The van der Waals surface area contributed by atoms with E-state index in [4.69, 9.17) is 4.74 Å². The summed E-state index contributed by atoms with van der Waals surface area (Å²) in [5.74, 6) is 0.637. The van der Waals surface area contributed by atoms with E-state index in [1.165, 1.54) is 5.56 Å². The van der Waals surface area contributed by atoms with Crippen molar-refractivity contribution in [2.75, 3.05) is 13.1 Å². The minimum atomic E-state index is -0.454. The molecule has 0 aromatic heterocycles. The van der Waals surface area contributed by atoms with Crippen molar-refractivity contribution in [2.24, 2.45) is 0 Å². The molecule has 1 saturated heterocycles. The first-order valence-electron chi connectivity index (χ1n) is 7.04. The number of phenols is 1. The second-order valence-electron chi connectivity index (χ2n) is 6.46. The van der Waals surface area contributed by atoms with Crippen LogP contribution in [0.5, 0.6) is 5.75 Å². The van der Waals surface area contributed by atoms with Crippen LogP contribution in [0.4, 0.5) is 4.79 Å². The highest BCUT2D eigenvalue weighted by molar-refractivity contribution is 5.68. The molecule has 1 unspecified atom stereocenters. The molecule has 0 radical (unpaired) electrons. The van der Waals surface area contributed by atoms with Gasteiger partial charge in [0.15, 0.2) is 0 Å². The second kappa shape index (κ2) is 5.35. The van der Waals surface area contributed by atoms with Gasteiger partial charge in [-0.1, -0.05) is 12.1 Å². The van der Waals surface area contributed by atoms with E-state index in [1.807, 2.05) is 39.8 Å². The van der Waals surface area contributed by atoms with Crippen molar-refractivity contribution in [3.63, 3.8) is 0 Å². The van der Waals surface area contributed by atoms with Gasteiger partial charge in [-0.2, -0.15) is 0 Å². The lowest BCUT2D eigenvalue weighted by atomic mass is 9.96. The summed E-state index contributed by atoms with van der Waals surface area (Å²) in [6, 6.07) is 5.66. The van der Waals surface area contributed by atoms with Gasteiger partial charge in [-0.25, -0.2) is 4.79 Å². The van der Waals surface area contributed by atoms with Crippen molar-refractivity contribution in [2.45, 2.75) is 45.6 Å². The first-order chi connectivity index (χ1) is 9.26. The second-order valence-corrected chi connectivity index (χ2v) is 6.46. The SMILES string of the molecule is Cc1cc(C2CCN(C(=O)OC(C)(C)C)C2)ccc1O. The van der Waals surface area contributed by atoms with Crippen LogP contribution < -0.4 is 0 Å². The topological polar surface area (TPSA) is 49.8 Å².